The molecule has 2 rings (SSSR count). The normalized spacial score (nSPS) is 24.6. The second-order valence-electron chi connectivity index (χ2n) is 6.58. The van der Waals surface area contributed by atoms with Crippen LogP contribution in [0.3, 0.4) is 0 Å². The quantitative estimate of drug-likeness (QED) is 0.763. The van der Waals surface area contributed by atoms with E-state index in [9.17, 15) is 0 Å². The lowest BCUT2D eigenvalue weighted by atomic mass is 9.87. The predicted molar refractivity (Wildman–Crippen MR) is 82.4 cm³/mol. The van der Waals surface area contributed by atoms with Crippen LogP contribution in [0.15, 0.2) is 18.2 Å². The molecule has 2 nitrogen and oxygen atoms in total. The number of anilines is 1. The van der Waals surface area contributed by atoms with E-state index in [1.807, 2.05) is 0 Å². The minimum absolute atomic E-state index is 0.0845. The molecule has 1 heterocycles. The van der Waals surface area contributed by atoms with E-state index in [0.717, 1.165) is 18.1 Å². The van der Waals surface area contributed by atoms with Crippen molar-refractivity contribution in [3.05, 3.63) is 28.8 Å². The van der Waals surface area contributed by atoms with Crippen molar-refractivity contribution in [2.75, 3.05) is 18.0 Å². The van der Waals surface area contributed by atoms with Crippen molar-refractivity contribution in [1.29, 1.82) is 0 Å². The molecule has 0 saturated carbocycles. The zero-order valence-electron chi connectivity index (χ0n) is 12.5. The molecule has 2 atom stereocenters. The summed E-state index contributed by atoms with van der Waals surface area (Å²) >= 11 is 6.45. The molecule has 19 heavy (non-hydrogen) atoms. The van der Waals surface area contributed by atoms with Crippen LogP contribution in [0.2, 0.25) is 5.02 Å². The fourth-order valence-corrected chi connectivity index (χ4v) is 3.16. The molecule has 1 saturated heterocycles. The summed E-state index contributed by atoms with van der Waals surface area (Å²) in [4.78, 5) is 2.36. The standard InChI is InChI=1S/C16H24ClNO/c1-11-9-18(10-12(2)19-11)13-6-7-14(15(17)8-13)16(3,4)5/h6-8,11-12H,9-10H2,1-5H3. The largest absolute Gasteiger partial charge is 0.372 e. The maximum absolute atomic E-state index is 6.45. The number of morpholine rings is 1. The molecule has 1 aliphatic heterocycles. The number of benzene rings is 1. The van der Waals surface area contributed by atoms with Crippen molar-refractivity contribution in [1.82, 2.24) is 0 Å². The lowest BCUT2D eigenvalue weighted by Crippen LogP contribution is -2.45. The first-order valence-electron chi connectivity index (χ1n) is 6.98. The second kappa shape index (κ2) is 5.34. The van der Waals surface area contributed by atoms with Gasteiger partial charge in [-0.1, -0.05) is 38.4 Å². The fourth-order valence-electron chi connectivity index (χ4n) is 2.70. The molecule has 1 aliphatic rings. The molecule has 0 spiro atoms. The van der Waals surface area contributed by atoms with E-state index in [0.29, 0.717) is 0 Å². The first kappa shape index (κ1) is 14.7. The van der Waals surface area contributed by atoms with Gasteiger partial charge in [-0.3, -0.25) is 0 Å². The summed E-state index contributed by atoms with van der Waals surface area (Å²) in [6.45, 7) is 12.7. The molecular weight excluding hydrogens is 258 g/mol. The van der Waals surface area contributed by atoms with E-state index in [1.54, 1.807) is 0 Å². The Morgan fingerprint density at radius 3 is 2.21 bits per heavy atom. The molecule has 0 aliphatic carbocycles. The number of rotatable bonds is 1. The highest BCUT2D eigenvalue weighted by molar-refractivity contribution is 6.31. The van der Waals surface area contributed by atoms with Crippen LogP contribution in [0.25, 0.3) is 0 Å². The van der Waals surface area contributed by atoms with Gasteiger partial charge in [0.05, 0.1) is 12.2 Å². The van der Waals surface area contributed by atoms with E-state index in [1.165, 1.54) is 11.3 Å². The zero-order chi connectivity index (χ0) is 14.2. The second-order valence-corrected chi connectivity index (χ2v) is 6.98. The minimum atomic E-state index is 0.0845. The van der Waals surface area contributed by atoms with E-state index in [4.69, 9.17) is 16.3 Å². The third-order valence-corrected chi connectivity index (χ3v) is 3.86. The highest BCUT2D eigenvalue weighted by Crippen LogP contribution is 2.33. The lowest BCUT2D eigenvalue weighted by molar-refractivity contribution is -0.00521. The number of halogens is 1. The van der Waals surface area contributed by atoms with E-state index in [2.05, 4.69) is 57.7 Å². The maximum Gasteiger partial charge on any atom is 0.0726 e. The first-order valence-corrected chi connectivity index (χ1v) is 7.35. The Bertz CT molecular complexity index is 443. The van der Waals surface area contributed by atoms with Crippen molar-refractivity contribution in [3.8, 4) is 0 Å². The lowest BCUT2D eigenvalue weighted by Gasteiger charge is -2.37. The SMILES string of the molecule is CC1CN(c2ccc(C(C)(C)C)c(Cl)c2)CC(C)O1. The van der Waals surface area contributed by atoms with Gasteiger partial charge in [-0.25, -0.2) is 0 Å². The monoisotopic (exact) mass is 281 g/mol. The molecule has 1 aromatic rings. The topological polar surface area (TPSA) is 12.5 Å². The van der Waals surface area contributed by atoms with Crippen LogP contribution in [0.4, 0.5) is 5.69 Å². The van der Waals surface area contributed by atoms with Crippen LogP contribution in [-0.4, -0.2) is 25.3 Å². The van der Waals surface area contributed by atoms with Gasteiger partial charge in [-0.2, -0.15) is 0 Å². The Morgan fingerprint density at radius 2 is 1.74 bits per heavy atom. The van der Waals surface area contributed by atoms with Gasteiger partial charge in [0.2, 0.25) is 0 Å². The summed E-state index contributed by atoms with van der Waals surface area (Å²) in [6.07, 6.45) is 0.537. The summed E-state index contributed by atoms with van der Waals surface area (Å²) in [6, 6.07) is 6.42. The van der Waals surface area contributed by atoms with Gasteiger partial charge in [0, 0.05) is 23.8 Å². The highest BCUT2D eigenvalue weighted by atomic mass is 35.5. The molecular formula is C16H24ClNO. The number of ether oxygens (including phenoxy) is 1. The van der Waals surface area contributed by atoms with Crippen LogP contribution in [0, 0.1) is 0 Å². The Labute approximate surface area is 121 Å². The van der Waals surface area contributed by atoms with Crippen molar-refractivity contribution < 1.29 is 4.74 Å². The molecule has 0 amide bonds. The Kier molecular flexibility index (Phi) is 4.12. The van der Waals surface area contributed by atoms with Gasteiger partial charge in [-0.15, -0.1) is 0 Å². The van der Waals surface area contributed by atoms with E-state index < -0.39 is 0 Å². The molecule has 0 aromatic heterocycles. The van der Waals surface area contributed by atoms with Gasteiger partial charge in [0.25, 0.3) is 0 Å². The smallest absolute Gasteiger partial charge is 0.0726 e. The molecule has 106 valence electrons. The zero-order valence-corrected chi connectivity index (χ0v) is 13.3. The molecule has 0 bridgehead atoms. The van der Waals surface area contributed by atoms with Crippen LogP contribution in [0.1, 0.15) is 40.2 Å². The Hall–Kier alpha value is -0.730. The first-order chi connectivity index (χ1) is 8.77. The van der Waals surface area contributed by atoms with Gasteiger partial charge in [0.15, 0.2) is 0 Å². The molecule has 0 N–H and O–H groups in total. The molecule has 3 heteroatoms. The summed E-state index contributed by atoms with van der Waals surface area (Å²) in [5.41, 5.74) is 2.48. The van der Waals surface area contributed by atoms with Gasteiger partial charge in [-0.05, 0) is 37.0 Å². The Morgan fingerprint density at radius 1 is 1.16 bits per heavy atom. The molecule has 2 unspecified atom stereocenters. The minimum Gasteiger partial charge on any atom is -0.372 e. The van der Waals surface area contributed by atoms with Gasteiger partial charge >= 0.3 is 0 Å². The highest BCUT2D eigenvalue weighted by Gasteiger charge is 2.24. The van der Waals surface area contributed by atoms with Crippen molar-refractivity contribution >= 4 is 17.3 Å². The predicted octanol–water partition coefficient (Wildman–Crippen LogP) is 4.25. The third-order valence-electron chi connectivity index (χ3n) is 3.55. The summed E-state index contributed by atoms with van der Waals surface area (Å²) in [7, 11) is 0. The molecule has 1 fully saturated rings. The fraction of sp³-hybridized carbons (Fsp3) is 0.625. The number of hydrogen-bond acceptors (Lipinski definition) is 2. The van der Waals surface area contributed by atoms with Crippen LogP contribution >= 0.6 is 11.6 Å². The van der Waals surface area contributed by atoms with Crippen molar-refractivity contribution in [3.63, 3.8) is 0 Å². The van der Waals surface area contributed by atoms with E-state index in [-0.39, 0.29) is 17.6 Å². The third kappa shape index (κ3) is 3.43. The van der Waals surface area contributed by atoms with Gasteiger partial charge < -0.3 is 9.64 Å². The number of hydrogen-bond donors (Lipinski definition) is 0. The van der Waals surface area contributed by atoms with Gasteiger partial charge in [0.1, 0.15) is 0 Å². The summed E-state index contributed by atoms with van der Waals surface area (Å²) in [5.74, 6) is 0. The molecule has 0 radical (unpaired) electrons. The van der Waals surface area contributed by atoms with E-state index >= 15 is 0 Å². The van der Waals surface area contributed by atoms with Crippen LogP contribution in [0.5, 0.6) is 0 Å². The molecule has 1 aromatic carbocycles. The Balaban J connectivity index is 2.25. The average Bonchev–Trinajstić information content (AvgIpc) is 2.25. The van der Waals surface area contributed by atoms with Crippen LogP contribution in [-0.2, 0) is 10.2 Å². The maximum atomic E-state index is 6.45. The summed E-state index contributed by atoms with van der Waals surface area (Å²) in [5, 5.41) is 0.858. The van der Waals surface area contributed by atoms with Crippen LogP contribution < -0.4 is 4.90 Å². The number of nitrogens with zero attached hydrogens (tertiary/aromatic N) is 1. The summed E-state index contributed by atoms with van der Waals surface area (Å²) < 4.78 is 5.77. The van der Waals surface area contributed by atoms with Crippen molar-refractivity contribution in [2.45, 2.75) is 52.2 Å². The van der Waals surface area contributed by atoms with Crippen molar-refractivity contribution in [2.24, 2.45) is 0 Å². The average molecular weight is 282 g/mol.